The van der Waals surface area contributed by atoms with Crippen LogP contribution >= 0.6 is 11.3 Å². The topological polar surface area (TPSA) is 115 Å². The molecule has 1 unspecified atom stereocenters. The summed E-state index contributed by atoms with van der Waals surface area (Å²) in [7, 11) is 1.52. The largest absolute Gasteiger partial charge is 0.507 e. The van der Waals surface area contributed by atoms with Crippen LogP contribution in [0, 0.1) is 12.8 Å². The Labute approximate surface area is 207 Å². The van der Waals surface area contributed by atoms with Gasteiger partial charge in [-0.05, 0) is 49.1 Å². The first-order chi connectivity index (χ1) is 16.8. The Bertz CT molecular complexity index is 1270. The third kappa shape index (κ3) is 4.88. The molecule has 0 saturated carbocycles. The molecule has 0 bridgehead atoms. The van der Waals surface area contributed by atoms with Crippen molar-refractivity contribution < 1.29 is 24.2 Å². The number of rotatable bonds is 8. The van der Waals surface area contributed by atoms with Gasteiger partial charge >= 0.3 is 5.91 Å². The first-order valence-electron chi connectivity index (χ1n) is 11.1. The first-order valence-corrected chi connectivity index (χ1v) is 12.0. The molecule has 3 heterocycles. The molecule has 0 aliphatic carbocycles. The van der Waals surface area contributed by atoms with Crippen LogP contribution in [0.1, 0.15) is 42.4 Å². The van der Waals surface area contributed by atoms with Crippen LogP contribution in [0.4, 0.5) is 5.13 Å². The van der Waals surface area contributed by atoms with Gasteiger partial charge in [-0.3, -0.25) is 19.5 Å². The Morgan fingerprint density at radius 3 is 2.51 bits per heavy atom. The van der Waals surface area contributed by atoms with E-state index in [1.807, 2.05) is 0 Å². The molecule has 1 amide bonds. The van der Waals surface area contributed by atoms with E-state index in [1.54, 1.807) is 37.3 Å². The van der Waals surface area contributed by atoms with Gasteiger partial charge in [0.25, 0.3) is 5.78 Å². The monoisotopic (exact) mass is 494 g/mol. The molecule has 2 aromatic heterocycles. The molecule has 9 nitrogen and oxygen atoms in total. The van der Waals surface area contributed by atoms with E-state index in [9.17, 15) is 14.7 Å². The third-order valence-electron chi connectivity index (χ3n) is 5.58. The number of benzene rings is 1. The smallest absolute Gasteiger partial charge is 0.301 e. The zero-order valence-electron chi connectivity index (χ0n) is 19.9. The minimum Gasteiger partial charge on any atom is -0.507 e. The van der Waals surface area contributed by atoms with Crippen molar-refractivity contribution >= 4 is 33.9 Å². The average Bonchev–Trinajstić information content (AvgIpc) is 3.39. The maximum Gasteiger partial charge on any atom is 0.301 e. The van der Waals surface area contributed by atoms with E-state index < -0.39 is 17.7 Å². The fourth-order valence-corrected chi connectivity index (χ4v) is 4.49. The lowest BCUT2D eigenvalue weighted by molar-refractivity contribution is -0.132. The number of amides is 1. The second-order valence-corrected chi connectivity index (χ2v) is 9.61. The van der Waals surface area contributed by atoms with E-state index in [4.69, 9.17) is 9.47 Å². The molecule has 1 fully saturated rings. The first kappa shape index (κ1) is 24.3. The van der Waals surface area contributed by atoms with Crippen LogP contribution in [-0.4, -0.2) is 45.7 Å². The minimum absolute atomic E-state index is 0.0513. The van der Waals surface area contributed by atoms with Crippen molar-refractivity contribution in [2.45, 2.75) is 33.2 Å². The predicted octanol–water partition coefficient (Wildman–Crippen LogP) is 4.30. The molecular weight excluding hydrogens is 468 g/mol. The Morgan fingerprint density at radius 1 is 1.14 bits per heavy atom. The molecule has 182 valence electrons. The van der Waals surface area contributed by atoms with Crippen LogP contribution in [0.15, 0.2) is 48.3 Å². The van der Waals surface area contributed by atoms with Crippen LogP contribution in [0.2, 0.25) is 0 Å². The van der Waals surface area contributed by atoms with E-state index in [1.165, 1.54) is 35.7 Å². The van der Waals surface area contributed by atoms with Gasteiger partial charge in [-0.15, -0.1) is 10.2 Å². The van der Waals surface area contributed by atoms with Crippen molar-refractivity contribution in [3.63, 3.8) is 0 Å². The Hall–Kier alpha value is -3.79. The third-order valence-corrected chi connectivity index (χ3v) is 6.41. The van der Waals surface area contributed by atoms with E-state index in [2.05, 4.69) is 29.0 Å². The molecule has 0 spiro atoms. The number of aromatic nitrogens is 3. The molecule has 1 atom stereocenters. The lowest BCUT2D eigenvalue weighted by atomic mass is 9.95. The highest BCUT2D eigenvalue weighted by Crippen LogP contribution is 2.44. The summed E-state index contributed by atoms with van der Waals surface area (Å²) in [6.07, 6.45) is 3.88. The summed E-state index contributed by atoms with van der Waals surface area (Å²) in [5.41, 5.74) is 0.877. The van der Waals surface area contributed by atoms with Gasteiger partial charge in [0.1, 0.15) is 10.8 Å². The maximum absolute atomic E-state index is 13.2. The highest BCUT2D eigenvalue weighted by molar-refractivity contribution is 7.15. The van der Waals surface area contributed by atoms with Crippen LogP contribution in [-0.2, 0) is 9.59 Å². The SMILES string of the molecule is COc1cc(C2/C(=C(\O)c3ccncc3)C(=O)C(=O)N2c2nnc(C)s2)ccc1OCCC(C)C. The van der Waals surface area contributed by atoms with Gasteiger partial charge in [-0.1, -0.05) is 31.3 Å². The molecule has 1 N–H and O–H groups in total. The molecule has 35 heavy (non-hydrogen) atoms. The fraction of sp³-hybridized carbons (Fsp3) is 0.320. The van der Waals surface area contributed by atoms with Crippen molar-refractivity contribution in [2.24, 2.45) is 5.92 Å². The number of hydrogen-bond acceptors (Lipinski definition) is 9. The second kappa shape index (κ2) is 10.2. The number of anilines is 1. The molecular formula is C25H26N4O5S. The van der Waals surface area contributed by atoms with Crippen LogP contribution in [0.5, 0.6) is 11.5 Å². The van der Waals surface area contributed by atoms with Crippen molar-refractivity contribution in [1.29, 1.82) is 0 Å². The molecule has 3 aromatic rings. The molecule has 1 saturated heterocycles. The summed E-state index contributed by atoms with van der Waals surface area (Å²) >= 11 is 1.19. The lowest BCUT2D eigenvalue weighted by Crippen LogP contribution is -2.29. The van der Waals surface area contributed by atoms with Gasteiger partial charge < -0.3 is 14.6 Å². The number of carbonyl (C=O) groups excluding carboxylic acids is 2. The normalized spacial score (nSPS) is 17.3. The van der Waals surface area contributed by atoms with Crippen LogP contribution in [0.3, 0.4) is 0 Å². The summed E-state index contributed by atoms with van der Waals surface area (Å²) in [4.78, 5) is 31.6. The molecule has 10 heteroatoms. The van der Waals surface area contributed by atoms with Gasteiger partial charge in [-0.25, -0.2) is 0 Å². The number of aliphatic hydroxyl groups is 1. The van der Waals surface area contributed by atoms with E-state index >= 15 is 0 Å². The number of ether oxygens (including phenoxy) is 2. The number of aryl methyl sites for hydroxylation is 1. The Kier molecular flexibility index (Phi) is 7.11. The summed E-state index contributed by atoms with van der Waals surface area (Å²) in [5, 5.41) is 20.1. The van der Waals surface area contributed by atoms with Crippen molar-refractivity contribution in [1.82, 2.24) is 15.2 Å². The van der Waals surface area contributed by atoms with Crippen LogP contribution < -0.4 is 14.4 Å². The number of pyridine rings is 1. The van der Waals surface area contributed by atoms with E-state index in [0.29, 0.717) is 40.2 Å². The summed E-state index contributed by atoms with van der Waals surface area (Å²) in [5.74, 6) is -0.408. The van der Waals surface area contributed by atoms with Gasteiger partial charge in [0.15, 0.2) is 11.5 Å². The van der Waals surface area contributed by atoms with E-state index in [-0.39, 0.29) is 16.5 Å². The predicted molar refractivity (Wildman–Crippen MR) is 132 cm³/mol. The molecule has 1 aliphatic rings. The quantitative estimate of drug-likeness (QED) is 0.280. The fourth-order valence-electron chi connectivity index (χ4n) is 3.77. The zero-order valence-corrected chi connectivity index (χ0v) is 20.7. The second-order valence-electron chi connectivity index (χ2n) is 8.45. The van der Waals surface area contributed by atoms with Crippen molar-refractivity contribution in [3.8, 4) is 11.5 Å². The molecule has 4 rings (SSSR count). The summed E-state index contributed by atoms with van der Waals surface area (Å²) in [6, 6.07) is 7.41. The number of methoxy groups -OCH3 is 1. The number of hydrogen-bond donors (Lipinski definition) is 1. The number of ketones is 1. The number of Topliss-reactive ketones (excluding diaryl/α,β-unsaturated/α-hetero) is 1. The number of carbonyl (C=O) groups is 2. The van der Waals surface area contributed by atoms with Gasteiger partial charge in [0.05, 0.1) is 25.3 Å². The van der Waals surface area contributed by atoms with E-state index in [0.717, 1.165) is 6.42 Å². The highest BCUT2D eigenvalue weighted by atomic mass is 32.1. The zero-order chi connectivity index (χ0) is 25.1. The van der Waals surface area contributed by atoms with Crippen LogP contribution in [0.25, 0.3) is 5.76 Å². The average molecular weight is 495 g/mol. The van der Waals surface area contributed by atoms with Gasteiger partial charge in [-0.2, -0.15) is 0 Å². The van der Waals surface area contributed by atoms with Crippen molar-refractivity contribution in [3.05, 3.63) is 64.4 Å². The minimum atomic E-state index is -0.936. The Balaban J connectivity index is 1.84. The number of aliphatic hydroxyl groups excluding tert-OH is 1. The standard InChI is InChI=1S/C25H26N4O5S/c1-14(2)9-12-34-18-6-5-17(13-19(18)33-4)21-20(22(30)16-7-10-26-11-8-16)23(31)24(32)29(21)25-28-27-15(3)35-25/h5-8,10-11,13-14,21,30H,9,12H2,1-4H3/b22-20+. The number of nitrogens with zero attached hydrogens (tertiary/aromatic N) is 4. The highest BCUT2D eigenvalue weighted by Gasteiger charge is 2.48. The molecule has 1 aromatic carbocycles. The van der Waals surface area contributed by atoms with Gasteiger partial charge in [0.2, 0.25) is 5.13 Å². The van der Waals surface area contributed by atoms with Gasteiger partial charge in [0, 0.05) is 18.0 Å². The summed E-state index contributed by atoms with van der Waals surface area (Å²) in [6.45, 7) is 6.52. The summed E-state index contributed by atoms with van der Waals surface area (Å²) < 4.78 is 11.5. The molecule has 1 aliphatic heterocycles. The van der Waals surface area contributed by atoms with Crippen molar-refractivity contribution in [2.75, 3.05) is 18.6 Å². The Morgan fingerprint density at radius 2 is 1.89 bits per heavy atom. The molecule has 0 radical (unpaired) electrons. The maximum atomic E-state index is 13.2. The lowest BCUT2D eigenvalue weighted by Gasteiger charge is -2.23.